The van der Waals surface area contributed by atoms with E-state index < -0.39 is 0 Å². The molecule has 0 bridgehead atoms. The van der Waals surface area contributed by atoms with Crippen LogP contribution in [0, 0.1) is 11.8 Å². The van der Waals surface area contributed by atoms with Crippen LogP contribution in [0.4, 0.5) is 5.69 Å². The van der Waals surface area contributed by atoms with Crippen LogP contribution in [0.25, 0.3) is 0 Å². The van der Waals surface area contributed by atoms with Crippen molar-refractivity contribution < 1.29 is 4.79 Å². The third-order valence-corrected chi connectivity index (χ3v) is 3.94. The van der Waals surface area contributed by atoms with Crippen molar-refractivity contribution >= 4 is 11.6 Å². The minimum Gasteiger partial charge on any atom is -0.312 e. The van der Waals surface area contributed by atoms with Crippen molar-refractivity contribution in [2.75, 3.05) is 11.4 Å². The Morgan fingerprint density at radius 2 is 1.42 bits per heavy atom. The third-order valence-electron chi connectivity index (χ3n) is 3.94. The first-order chi connectivity index (χ1) is 11.5. The van der Waals surface area contributed by atoms with E-state index in [1.165, 1.54) is 5.56 Å². The van der Waals surface area contributed by atoms with E-state index in [9.17, 15) is 4.79 Å². The Morgan fingerprint density at radius 1 is 0.833 bits per heavy atom. The molecule has 0 saturated carbocycles. The fourth-order valence-corrected chi connectivity index (χ4v) is 2.86. The Morgan fingerprint density at radius 3 is 1.96 bits per heavy atom. The average Bonchev–Trinajstić information content (AvgIpc) is 2.54. The lowest BCUT2D eigenvalue weighted by Gasteiger charge is -2.25. The summed E-state index contributed by atoms with van der Waals surface area (Å²) in [6.45, 7) is 9.48. The van der Waals surface area contributed by atoms with E-state index >= 15 is 0 Å². The number of benzene rings is 2. The second-order valence-corrected chi connectivity index (χ2v) is 7.32. The first kappa shape index (κ1) is 18.3. The molecule has 0 aliphatic carbocycles. The van der Waals surface area contributed by atoms with Crippen LogP contribution in [-0.2, 0) is 17.6 Å². The molecule has 1 amide bonds. The summed E-state index contributed by atoms with van der Waals surface area (Å²) in [6.07, 6.45) is 1.53. The minimum absolute atomic E-state index is 0.159. The van der Waals surface area contributed by atoms with E-state index in [1.54, 1.807) is 0 Å². The Kier molecular flexibility index (Phi) is 6.60. The standard InChI is InChI=1S/C22H29NO/c1-17(2)14-19-10-12-20(13-11-19)15-22(24)23(16-18(3)4)21-8-6-5-7-9-21/h5-13,17-18H,14-16H2,1-4H3. The van der Waals surface area contributed by atoms with Crippen LogP contribution in [0.15, 0.2) is 54.6 Å². The Labute approximate surface area is 146 Å². The van der Waals surface area contributed by atoms with Gasteiger partial charge in [0.15, 0.2) is 0 Å². The smallest absolute Gasteiger partial charge is 0.231 e. The highest BCUT2D eigenvalue weighted by Gasteiger charge is 2.17. The molecule has 128 valence electrons. The number of nitrogens with zero attached hydrogens (tertiary/aromatic N) is 1. The lowest BCUT2D eigenvalue weighted by molar-refractivity contribution is -0.118. The summed E-state index contributed by atoms with van der Waals surface area (Å²) in [5.41, 5.74) is 3.40. The first-order valence-corrected chi connectivity index (χ1v) is 8.89. The van der Waals surface area contributed by atoms with Crippen molar-refractivity contribution in [3.05, 3.63) is 65.7 Å². The minimum atomic E-state index is 0.159. The average molecular weight is 323 g/mol. The lowest BCUT2D eigenvalue weighted by atomic mass is 10.0. The van der Waals surface area contributed by atoms with Gasteiger partial charge in [-0.25, -0.2) is 0 Å². The second-order valence-electron chi connectivity index (χ2n) is 7.32. The van der Waals surface area contributed by atoms with Crippen molar-refractivity contribution in [2.24, 2.45) is 11.8 Å². The predicted octanol–water partition coefficient (Wildman–Crippen LogP) is 5.12. The normalized spacial score (nSPS) is 11.1. The van der Waals surface area contributed by atoms with Crippen LogP contribution < -0.4 is 4.90 Å². The van der Waals surface area contributed by atoms with Gasteiger partial charge in [0.1, 0.15) is 0 Å². The maximum atomic E-state index is 12.8. The zero-order valence-corrected chi connectivity index (χ0v) is 15.3. The Balaban J connectivity index is 2.10. The number of anilines is 1. The van der Waals surface area contributed by atoms with Gasteiger partial charge in [0.05, 0.1) is 6.42 Å². The quantitative estimate of drug-likeness (QED) is 0.693. The van der Waals surface area contributed by atoms with Gasteiger partial charge in [-0.2, -0.15) is 0 Å². The highest BCUT2D eigenvalue weighted by molar-refractivity contribution is 5.94. The van der Waals surface area contributed by atoms with E-state index in [2.05, 4.69) is 52.0 Å². The molecule has 2 aromatic rings. The van der Waals surface area contributed by atoms with Crippen molar-refractivity contribution in [2.45, 2.75) is 40.5 Å². The summed E-state index contributed by atoms with van der Waals surface area (Å²) < 4.78 is 0. The molecular formula is C22H29NO. The molecule has 2 aromatic carbocycles. The Hall–Kier alpha value is -2.09. The molecule has 0 N–H and O–H groups in total. The topological polar surface area (TPSA) is 20.3 Å². The SMILES string of the molecule is CC(C)Cc1ccc(CC(=O)N(CC(C)C)c2ccccc2)cc1. The predicted molar refractivity (Wildman–Crippen MR) is 102 cm³/mol. The van der Waals surface area contributed by atoms with E-state index in [4.69, 9.17) is 0 Å². The number of amides is 1. The zero-order chi connectivity index (χ0) is 17.5. The van der Waals surface area contributed by atoms with Gasteiger partial charge < -0.3 is 4.90 Å². The van der Waals surface area contributed by atoms with Gasteiger partial charge in [0.2, 0.25) is 5.91 Å². The fraction of sp³-hybridized carbons (Fsp3) is 0.409. The van der Waals surface area contributed by atoms with Gasteiger partial charge in [-0.15, -0.1) is 0 Å². The van der Waals surface area contributed by atoms with Crippen molar-refractivity contribution in [1.82, 2.24) is 0 Å². The monoisotopic (exact) mass is 323 g/mol. The largest absolute Gasteiger partial charge is 0.312 e. The number of hydrogen-bond acceptors (Lipinski definition) is 1. The molecule has 0 aliphatic heterocycles. The molecule has 2 rings (SSSR count). The summed E-state index contributed by atoms with van der Waals surface area (Å²) in [6, 6.07) is 18.4. The van der Waals surface area contributed by atoms with Crippen LogP contribution >= 0.6 is 0 Å². The molecule has 0 heterocycles. The number of carbonyl (C=O) groups excluding carboxylic acids is 1. The number of rotatable bonds is 7. The summed E-state index contributed by atoms with van der Waals surface area (Å²) in [5.74, 6) is 1.24. The van der Waals surface area contributed by atoms with Gasteiger partial charge in [-0.1, -0.05) is 70.2 Å². The number of carbonyl (C=O) groups is 1. The number of hydrogen-bond donors (Lipinski definition) is 0. The molecule has 2 nitrogen and oxygen atoms in total. The van der Waals surface area contributed by atoms with E-state index in [0.29, 0.717) is 18.3 Å². The molecule has 0 unspecified atom stereocenters. The van der Waals surface area contributed by atoms with Crippen molar-refractivity contribution in [3.8, 4) is 0 Å². The van der Waals surface area contributed by atoms with Crippen LogP contribution in [-0.4, -0.2) is 12.5 Å². The molecule has 0 atom stereocenters. The van der Waals surface area contributed by atoms with E-state index in [-0.39, 0.29) is 5.91 Å². The van der Waals surface area contributed by atoms with Crippen LogP contribution in [0.2, 0.25) is 0 Å². The summed E-state index contributed by atoms with van der Waals surface area (Å²) in [4.78, 5) is 14.7. The fourth-order valence-electron chi connectivity index (χ4n) is 2.86. The summed E-state index contributed by atoms with van der Waals surface area (Å²) in [5, 5.41) is 0. The highest BCUT2D eigenvalue weighted by Crippen LogP contribution is 2.18. The second kappa shape index (κ2) is 8.68. The van der Waals surface area contributed by atoms with Crippen LogP contribution in [0.3, 0.4) is 0 Å². The Bertz CT molecular complexity index is 629. The highest BCUT2D eigenvalue weighted by atomic mass is 16.2. The van der Waals surface area contributed by atoms with Gasteiger partial charge in [-0.3, -0.25) is 4.79 Å². The lowest BCUT2D eigenvalue weighted by Crippen LogP contribution is -2.35. The molecular weight excluding hydrogens is 294 g/mol. The molecule has 0 spiro atoms. The van der Waals surface area contributed by atoms with Crippen LogP contribution in [0.1, 0.15) is 38.8 Å². The van der Waals surface area contributed by atoms with Gasteiger partial charge in [0, 0.05) is 12.2 Å². The molecule has 0 saturated heterocycles. The van der Waals surface area contributed by atoms with Gasteiger partial charge >= 0.3 is 0 Å². The summed E-state index contributed by atoms with van der Waals surface area (Å²) in [7, 11) is 0. The van der Waals surface area contributed by atoms with E-state index in [0.717, 1.165) is 24.2 Å². The zero-order valence-electron chi connectivity index (χ0n) is 15.3. The van der Waals surface area contributed by atoms with E-state index in [1.807, 2.05) is 35.2 Å². The molecule has 0 fully saturated rings. The van der Waals surface area contributed by atoms with Gasteiger partial charge in [-0.05, 0) is 41.5 Å². The van der Waals surface area contributed by atoms with Crippen LogP contribution in [0.5, 0.6) is 0 Å². The summed E-state index contributed by atoms with van der Waals surface area (Å²) >= 11 is 0. The molecule has 2 heteroatoms. The molecule has 0 aromatic heterocycles. The molecule has 24 heavy (non-hydrogen) atoms. The third kappa shape index (κ3) is 5.52. The van der Waals surface area contributed by atoms with Crippen molar-refractivity contribution in [1.29, 1.82) is 0 Å². The van der Waals surface area contributed by atoms with Gasteiger partial charge in [0.25, 0.3) is 0 Å². The molecule has 0 aliphatic rings. The van der Waals surface area contributed by atoms with Crippen molar-refractivity contribution in [3.63, 3.8) is 0 Å². The maximum Gasteiger partial charge on any atom is 0.231 e. The number of para-hydroxylation sites is 1. The first-order valence-electron chi connectivity index (χ1n) is 8.89. The molecule has 0 radical (unpaired) electrons. The maximum absolute atomic E-state index is 12.8.